The topological polar surface area (TPSA) is 89.1 Å². The maximum absolute atomic E-state index is 14.7. The van der Waals surface area contributed by atoms with Gasteiger partial charge < -0.3 is 9.57 Å². The third-order valence-electron chi connectivity index (χ3n) is 3.16. The van der Waals surface area contributed by atoms with E-state index in [4.69, 9.17) is 0 Å². The van der Waals surface area contributed by atoms with Crippen molar-refractivity contribution in [3.8, 4) is 5.88 Å². The van der Waals surface area contributed by atoms with Gasteiger partial charge >= 0.3 is 12.8 Å². The quantitative estimate of drug-likeness (QED) is 0.753. The van der Waals surface area contributed by atoms with Crippen molar-refractivity contribution in [3.05, 3.63) is 11.3 Å². The standard InChI is InChI=1S/C11H13F6N3O4S/c1-4-3-5(19-24-4)25(21,22)8(12)6-7(11(15,16)17)18-20(2)9(6)23-10(13)14/h4,8,10,21-22H,3H2,1-2H3. The summed E-state index contributed by atoms with van der Waals surface area (Å²) in [5.41, 5.74) is -6.61. The van der Waals surface area contributed by atoms with E-state index in [1.807, 2.05) is 0 Å². The normalized spacial score (nSPS) is 20.4. The average molecular weight is 397 g/mol. The van der Waals surface area contributed by atoms with Crippen LogP contribution in [0.5, 0.6) is 5.88 Å². The molecule has 1 aliphatic rings. The van der Waals surface area contributed by atoms with Crippen LogP contribution in [0.2, 0.25) is 0 Å². The molecule has 7 nitrogen and oxygen atoms in total. The Morgan fingerprint density at radius 2 is 1.92 bits per heavy atom. The maximum atomic E-state index is 14.7. The lowest BCUT2D eigenvalue weighted by Gasteiger charge is -2.34. The Morgan fingerprint density at radius 1 is 1.32 bits per heavy atom. The predicted octanol–water partition coefficient (Wildman–Crippen LogP) is 3.88. The molecule has 2 heterocycles. The van der Waals surface area contributed by atoms with Gasteiger partial charge in [0.2, 0.25) is 11.4 Å². The van der Waals surface area contributed by atoms with Gasteiger partial charge in [-0.05, 0) is 6.92 Å². The number of alkyl halides is 6. The zero-order valence-electron chi connectivity index (χ0n) is 12.7. The van der Waals surface area contributed by atoms with Crippen molar-refractivity contribution in [2.45, 2.75) is 37.7 Å². The molecule has 0 spiro atoms. The van der Waals surface area contributed by atoms with E-state index in [-0.39, 0.29) is 11.1 Å². The molecule has 1 aromatic rings. The van der Waals surface area contributed by atoms with Crippen molar-refractivity contribution in [1.29, 1.82) is 0 Å². The number of aromatic nitrogens is 2. The second-order valence-electron chi connectivity index (χ2n) is 5.08. The Labute approximate surface area is 138 Å². The zero-order valence-corrected chi connectivity index (χ0v) is 13.5. The van der Waals surface area contributed by atoms with Crippen molar-refractivity contribution in [3.63, 3.8) is 0 Å². The highest BCUT2D eigenvalue weighted by molar-refractivity contribution is 8.36. The zero-order chi connectivity index (χ0) is 19.2. The number of rotatable bonds is 4. The largest absolute Gasteiger partial charge is 0.435 e. The summed E-state index contributed by atoms with van der Waals surface area (Å²) in [7, 11) is -3.76. The van der Waals surface area contributed by atoms with Gasteiger partial charge in [-0.3, -0.25) is 9.11 Å². The number of ether oxygens (including phenoxy) is 1. The number of hydrogen-bond donors (Lipinski definition) is 2. The van der Waals surface area contributed by atoms with Gasteiger partial charge in [0.15, 0.2) is 10.7 Å². The first-order valence-electron chi connectivity index (χ1n) is 6.58. The number of halogens is 6. The molecular formula is C11H13F6N3O4S. The smallest absolute Gasteiger partial charge is 0.417 e. The van der Waals surface area contributed by atoms with E-state index in [1.54, 1.807) is 0 Å². The van der Waals surface area contributed by atoms with Gasteiger partial charge in [-0.2, -0.15) is 27.1 Å². The van der Waals surface area contributed by atoms with Gasteiger partial charge in [0.05, 0.1) is 0 Å². The Hall–Kier alpha value is -1.67. The van der Waals surface area contributed by atoms with Gasteiger partial charge in [0, 0.05) is 13.5 Å². The number of oxime groups is 1. The van der Waals surface area contributed by atoms with E-state index < -0.39 is 57.2 Å². The molecule has 144 valence electrons. The lowest BCUT2D eigenvalue weighted by atomic mass is 10.2. The molecule has 1 aromatic heterocycles. The summed E-state index contributed by atoms with van der Waals surface area (Å²) in [4.78, 5) is 4.66. The maximum Gasteiger partial charge on any atom is 0.435 e. The first-order valence-corrected chi connectivity index (χ1v) is 8.19. The molecule has 0 amide bonds. The first kappa shape index (κ1) is 19.7. The SMILES string of the molecule is CC1CC(S(O)(O)C(F)c2c(C(F)(F)F)nn(C)c2OC(F)F)=NO1. The second-order valence-corrected chi connectivity index (χ2v) is 7.15. The van der Waals surface area contributed by atoms with Gasteiger partial charge in [-0.15, -0.1) is 10.6 Å². The van der Waals surface area contributed by atoms with E-state index in [9.17, 15) is 35.4 Å². The minimum Gasteiger partial charge on any atom is -0.417 e. The Kier molecular flexibility index (Phi) is 5.16. The van der Waals surface area contributed by atoms with Crippen LogP contribution in [0.3, 0.4) is 0 Å². The second kappa shape index (κ2) is 6.57. The van der Waals surface area contributed by atoms with Crippen molar-refractivity contribution < 1.29 is 45.0 Å². The molecule has 0 fully saturated rings. The van der Waals surface area contributed by atoms with E-state index in [0.717, 1.165) is 7.05 Å². The van der Waals surface area contributed by atoms with Crippen molar-refractivity contribution in [1.82, 2.24) is 9.78 Å². The lowest BCUT2D eigenvalue weighted by molar-refractivity contribution is -0.142. The molecule has 2 N–H and O–H groups in total. The summed E-state index contributed by atoms with van der Waals surface area (Å²) >= 11 is 0. The van der Waals surface area contributed by atoms with E-state index in [0.29, 0.717) is 0 Å². The summed E-state index contributed by atoms with van der Waals surface area (Å²) in [6, 6.07) is 0. The predicted molar refractivity (Wildman–Crippen MR) is 74.1 cm³/mol. The molecule has 0 saturated heterocycles. The van der Waals surface area contributed by atoms with E-state index in [1.165, 1.54) is 6.92 Å². The highest BCUT2D eigenvalue weighted by Gasteiger charge is 2.48. The van der Waals surface area contributed by atoms with Crippen molar-refractivity contribution in [2.24, 2.45) is 12.2 Å². The number of nitrogens with zero attached hydrogens (tertiary/aromatic N) is 3. The van der Waals surface area contributed by atoms with E-state index >= 15 is 0 Å². The lowest BCUT2D eigenvalue weighted by Crippen LogP contribution is -2.20. The fourth-order valence-electron chi connectivity index (χ4n) is 2.09. The van der Waals surface area contributed by atoms with Crippen LogP contribution in [0.25, 0.3) is 0 Å². The summed E-state index contributed by atoms with van der Waals surface area (Å²) in [6.07, 6.45) is -6.16. The highest BCUT2D eigenvalue weighted by Crippen LogP contribution is 2.60. The summed E-state index contributed by atoms with van der Waals surface area (Å²) in [5, 5.41) is 5.55. The molecule has 2 atom stereocenters. The van der Waals surface area contributed by atoms with Crippen LogP contribution >= 0.6 is 10.6 Å². The monoisotopic (exact) mass is 397 g/mol. The van der Waals surface area contributed by atoms with Crippen LogP contribution in [0, 0.1) is 0 Å². The molecule has 14 heteroatoms. The van der Waals surface area contributed by atoms with Crippen molar-refractivity contribution >= 4 is 15.6 Å². The summed E-state index contributed by atoms with van der Waals surface area (Å²) < 4.78 is 103. The fraction of sp³-hybridized carbons (Fsp3) is 0.636. The molecule has 0 aromatic carbocycles. The number of aryl methyl sites for hydroxylation is 1. The average Bonchev–Trinajstić information content (AvgIpc) is 3.02. The molecule has 2 rings (SSSR count). The van der Waals surface area contributed by atoms with Crippen LogP contribution in [0.1, 0.15) is 30.1 Å². The summed E-state index contributed by atoms with van der Waals surface area (Å²) in [6.45, 7) is -2.13. The molecule has 1 aliphatic heterocycles. The molecule has 0 radical (unpaired) electrons. The van der Waals surface area contributed by atoms with Gasteiger partial charge in [-0.25, -0.2) is 9.07 Å². The van der Waals surface area contributed by atoms with Crippen LogP contribution < -0.4 is 4.74 Å². The minimum absolute atomic E-state index is 0.238. The van der Waals surface area contributed by atoms with Crippen LogP contribution in [0.4, 0.5) is 26.3 Å². The van der Waals surface area contributed by atoms with Gasteiger partial charge in [-0.1, -0.05) is 5.16 Å². The molecule has 0 aliphatic carbocycles. The highest BCUT2D eigenvalue weighted by atomic mass is 32.3. The Balaban J connectivity index is 2.55. The Morgan fingerprint density at radius 3 is 2.36 bits per heavy atom. The molecule has 25 heavy (non-hydrogen) atoms. The van der Waals surface area contributed by atoms with Crippen molar-refractivity contribution in [2.75, 3.05) is 0 Å². The summed E-state index contributed by atoms with van der Waals surface area (Å²) in [5.74, 6) is -1.28. The third kappa shape index (κ3) is 3.79. The number of hydrogen-bond acceptors (Lipinski definition) is 6. The van der Waals surface area contributed by atoms with Gasteiger partial charge in [0.25, 0.3) is 0 Å². The fourth-order valence-corrected chi connectivity index (χ4v) is 3.51. The molecule has 2 unspecified atom stereocenters. The van der Waals surface area contributed by atoms with E-state index in [2.05, 4.69) is 19.8 Å². The third-order valence-corrected chi connectivity index (χ3v) is 4.91. The van der Waals surface area contributed by atoms with Crippen LogP contribution in [-0.4, -0.2) is 36.6 Å². The Bertz CT molecular complexity index is 678. The first-order chi connectivity index (χ1) is 11.4. The van der Waals surface area contributed by atoms with Gasteiger partial charge in [0.1, 0.15) is 11.7 Å². The molecular weight excluding hydrogens is 384 g/mol. The van der Waals surface area contributed by atoms with Crippen LogP contribution in [0.15, 0.2) is 5.16 Å². The minimum atomic E-state index is -5.25. The molecule has 0 saturated carbocycles. The van der Waals surface area contributed by atoms with Crippen LogP contribution in [-0.2, 0) is 18.1 Å². The molecule has 0 bridgehead atoms.